The first kappa shape index (κ1) is 23.4. The van der Waals surface area contributed by atoms with Crippen molar-refractivity contribution in [2.75, 3.05) is 6.16 Å². The smallest absolute Gasteiger partial charge is 0.123 e. The van der Waals surface area contributed by atoms with E-state index in [2.05, 4.69) is 81.4 Å². The van der Waals surface area contributed by atoms with E-state index in [1.54, 1.807) is 0 Å². The molecule has 0 heterocycles. The summed E-state index contributed by atoms with van der Waals surface area (Å²) in [5, 5.41) is 10.8. The lowest BCUT2D eigenvalue weighted by Gasteiger charge is -2.29. The number of hydrogen-bond acceptors (Lipinski definition) is 2. The van der Waals surface area contributed by atoms with E-state index in [1.807, 2.05) is 0 Å². The van der Waals surface area contributed by atoms with E-state index in [1.165, 1.54) is 0 Å². The van der Waals surface area contributed by atoms with Crippen LogP contribution in [0.1, 0.15) is 92.3 Å². The summed E-state index contributed by atoms with van der Waals surface area (Å²) in [4.78, 5) is 10.7. The fraction of sp³-hybridized carbons (Fsp3) is 0.739. The molecule has 0 saturated heterocycles. The van der Waals surface area contributed by atoms with E-state index in [4.69, 9.17) is 0 Å². The highest BCUT2D eigenvalue weighted by Gasteiger charge is 2.27. The van der Waals surface area contributed by atoms with Crippen molar-refractivity contribution in [3.05, 3.63) is 28.8 Å². The van der Waals surface area contributed by atoms with Crippen LogP contribution in [-0.4, -0.2) is 16.2 Å². The topological polar surface area (TPSA) is 40.5 Å². The van der Waals surface area contributed by atoms with Crippen LogP contribution in [0.15, 0.2) is 12.1 Å². The van der Waals surface area contributed by atoms with E-state index < -0.39 is 8.15 Å². The van der Waals surface area contributed by atoms with Gasteiger partial charge in [0.25, 0.3) is 0 Å². The van der Waals surface area contributed by atoms with Crippen LogP contribution in [0.25, 0.3) is 0 Å². The van der Waals surface area contributed by atoms with Crippen molar-refractivity contribution >= 4 is 8.15 Å². The molecular weight excluding hydrogens is 339 g/mol. The van der Waals surface area contributed by atoms with Crippen LogP contribution in [0, 0.1) is 11.3 Å². The van der Waals surface area contributed by atoms with E-state index in [0.29, 0.717) is 23.2 Å². The van der Waals surface area contributed by atoms with Crippen molar-refractivity contribution in [3.8, 4) is 5.75 Å². The van der Waals surface area contributed by atoms with Gasteiger partial charge in [0.1, 0.15) is 5.75 Å². The summed E-state index contributed by atoms with van der Waals surface area (Å²) in [5.41, 5.74) is 3.15. The van der Waals surface area contributed by atoms with Gasteiger partial charge in [-0.3, -0.25) is 0 Å². The third-order valence-corrected chi connectivity index (χ3v) is 6.41. The Morgan fingerprint density at radius 1 is 0.885 bits per heavy atom. The quantitative estimate of drug-likeness (QED) is 0.543. The second-order valence-corrected chi connectivity index (χ2v) is 13.0. The molecule has 0 aromatic heterocycles. The zero-order valence-corrected chi connectivity index (χ0v) is 19.6. The van der Waals surface area contributed by atoms with Gasteiger partial charge in [0.05, 0.1) is 0 Å². The van der Waals surface area contributed by atoms with Gasteiger partial charge >= 0.3 is 0 Å². The van der Waals surface area contributed by atoms with E-state index in [-0.39, 0.29) is 10.8 Å². The summed E-state index contributed by atoms with van der Waals surface area (Å²) in [5.74, 6) is 0.935. The molecular formula is C23H41O2P. The van der Waals surface area contributed by atoms with Crippen LogP contribution in [0.5, 0.6) is 5.75 Å². The predicted octanol–water partition coefficient (Wildman–Crippen LogP) is 6.95. The zero-order valence-electron chi connectivity index (χ0n) is 18.7. The number of benzene rings is 1. The number of rotatable bonds is 5. The monoisotopic (exact) mass is 380 g/mol. The van der Waals surface area contributed by atoms with Crippen molar-refractivity contribution < 1.29 is 10.00 Å². The minimum Gasteiger partial charge on any atom is -0.507 e. The van der Waals surface area contributed by atoms with Gasteiger partial charge in [0, 0.05) is 14.3 Å². The first-order valence-corrected chi connectivity index (χ1v) is 11.5. The molecule has 0 aliphatic heterocycles. The molecule has 3 heteroatoms. The molecule has 0 fully saturated rings. The highest BCUT2D eigenvalue weighted by atomic mass is 31.1. The van der Waals surface area contributed by atoms with Gasteiger partial charge < -0.3 is 10.00 Å². The van der Waals surface area contributed by atoms with Gasteiger partial charge in [-0.2, -0.15) is 0 Å². The molecule has 0 aliphatic carbocycles. The Bertz CT molecular complexity index is 565. The first-order chi connectivity index (χ1) is 11.5. The van der Waals surface area contributed by atoms with Crippen molar-refractivity contribution in [1.29, 1.82) is 0 Å². The van der Waals surface area contributed by atoms with Gasteiger partial charge in [0.2, 0.25) is 0 Å². The molecule has 150 valence electrons. The lowest BCUT2D eigenvalue weighted by atomic mass is 9.78. The number of phenols is 1. The van der Waals surface area contributed by atoms with Crippen molar-refractivity contribution in [3.63, 3.8) is 0 Å². The van der Waals surface area contributed by atoms with Crippen LogP contribution < -0.4 is 0 Å². The Kier molecular flexibility index (Phi) is 7.39. The molecule has 0 spiro atoms. The fourth-order valence-electron chi connectivity index (χ4n) is 3.67. The molecule has 2 atom stereocenters. The molecule has 0 saturated carbocycles. The predicted molar refractivity (Wildman–Crippen MR) is 116 cm³/mol. The normalized spacial score (nSPS) is 15.8. The summed E-state index contributed by atoms with van der Waals surface area (Å²) in [6.07, 6.45) is 2.71. The largest absolute Gasteiger partial charge is 0.507 e. The second kappa shape index (κ2) is 8.19. The minimum absolute atomic E-state index is 0.127. The Hall–Kier alpha value is -0.590. The third kappa shape index (κ3) is 7.20. The molecule has 2 N–H and O–H groups in total. The van der Waals surface area contributed by atoms with E-state index in [0.717, 1.165) is 29.3 Å². The Labute approximate surface area is 163 Å². The number of aromatic hydroxyl groups is 1. The van der Waals surface area contributed by atoms with Crippen molar-refractivity contribution in [2.45, 2.75) is 92.7 Å². The van der Waals surface area contributed by atoms with Crippen molar-refractivity contribution in [2.24, 2.45) is 11.3 Å². The zero-order chi connectivity index (χ0) is 20.5. The maximum absolute atomic E-state index is 10.8. The maximum atomic E-state index is 10.8. The lowest BCUT2D eigenvalue weighted by Crippen LogP contribution is -2.18. The molecule has 2 nitrogen and oxygen atoms in total. The summed E-state index contributed by atoms with van der Waals surface area (Å²) in [7, 11) is -1.04. The summed E-state index contributed by atoms with van der Waals surface area (Å²) in [6.45, 7) is 21.8. The molecule has 0 amide bonds. The number of hydrogen-bond donors (Lipinski definition) is 2. The molecule has 1 rings (SSSR count). The first-order valence-electron chi connectivity index (χ1n) is 9.81. The maximum Gasteiger partial charge on any atom is 0.123 e. The standard InChI is InChI=1S/C23H41O2P/c1-16(13-21(2,3)4)14-26(25)15-17-11-18(22(5,6)7)20(24)19(12-17)23(8,9)10/h11-12,16,24-25H,13-15H2,1-10H3. The van der Waals surface area contributed by atoms with Crippen LogP contribution in [-0.2, 0) is 17.0 Å². The Morgan fingerprint density at radius 3 is 1.65 bits per heavy atom. The number of phenolic OH excluding ortho intramolecular Hbond substituents is 1. The lowest BCUT2D eigenvalue weighted by molar-refractivity contribution is 0.320. The minimum atomic E-state index is -1.04. The molecule has 0 aliphatic rings. The second-order valence-electron chi connectivity index (χ2n) is 11.3. The average molecular weight is 381 g/mol. The molecule has 0 radical (unpaired) electrons. The Balaban J connectivity index is 3.09. The van der Waals surface area contributed by atoms with Crippen molar-refractivity contribution in [1.82, 2.24) is 0 Å². The Morgan fingerprint density at radius 2 is 1.31 bits per heavy atom. The van der Waals surface area contributed by atoms with Crippen LogP contribution in [0.3, 0.4) is 0 Å². The molecule has 1 aromatic carbocycles. The van der Waals surface area contributed by atoms with Crippen LogP contribution in [0.2, 0.25) is 0 Å². The van der Waals surface area contributed by atoms with E-state index in [9.17, 15) is 10.00 Å². The van der Waals surface area contributed by atoms with Crippen LogP contribution in [0.4, 0.5) is 0 Å². The molecule has 1 aromatic rings. The van der Waals surface area contributed by atoms with Crippen LogP contribution >= 0.6 is 8.15 Å². The summed E-state index contributed by atoms with van der Waals surface area (Å²) < 4.78 is 0. The SMILES string of the molecule is CC(CP(O)Cc1cc(C(C)(C)C)c(O)c(C(C)(C)C)c1)CC(C)(C)C. The van der Waals surface area contributed by atoms with E-state index >= 15 is 0 Å². The fourth-order valence-corrected chi connectivity index (χ4v) is 5.26. The van der Waals surface area contributed by atoms with Gasteiger partial charge in [-0.15, -0.1) is 0 Å². The molecule has 26 heavy (non-hydrogen) atoms. The summed E-state index contributed by atoms with van der Waals surface area (Å²) >= 11 is 0. The third-order valence-electron chi connectivity index (χ3n) is 4.63. The van der Waals surface area contributed by atoms with Gasteiger partial charge in [-0.05, 0) is 51.4 Å². The molecule has 0 bridgehead atoms. The highest BCUT2D eigenvalue weighted by molar-refractivity contribution is 7.50. The summed E-state index contributed by atoms with van der Waals surface area (Å²) in [6, 6.07) is 4.20. The average Bonchev–Trinajstić information content (AvgIpc) is 2.35. The highest BCUT2D eigenvalue weighted by Crippen LogP contribution is 2.44. The van der Waals surface area contributed by atoms with Gasteiger partial charge in [-0.1, -0.05) is 81.4 Å². The molecule has 2 unspecified atom stereocenters. The van der Waals surface area contributed by atoms with Gasteiger partial charge in [0.15, 0.2) is 0 Å². The van der Waals surface area contributed by atoms with Gasteiger partial charge in [-0.25, -0.2) is 0 Å².